The van der Waals surface area contributed by atoms with E-state index >= 15 is 0 Å². The van der Waals surface area contributed by atoms with Crippen LogP contribution in [0, 0.1) is 0 Å². The van der Waals surface area contributed by atoms with Gasteiger partial charge in [-0.05, 0) is 45.1 Å². The van der Waals surface area contributed by atoms with Crippen molar-refractivity contribution in [2.24, 2.45) is 4.99 Å². The van der Waals surface area contributed by atoms with Crippen molar-refractivity contribution in [2.75, 3.05) is 32.7 Å². The van der Waals surface area contributed by atoms with Gasteiger partial charge in [0.05, 0.1) is 0 Å². The zero-order valence-electron chi connectivity index (χ0n) is 18.5. The predicted octanol–water partition coefficient (Wildman–Crippen LogP) is 3.45. The van der Waals surface area contributed by atoms with E-state index in [-0.39, 0.29) is 42.0 Å². The lowest BCUT2D eigenvalue weighted by Gasteiger charge is -2.35. The van der Waals surface area contributed by atoms with Crippen LogP contribution in [0.1, 0.15) is 64.0 Å². The van der Waals surface area contributed by atoms with Crippen LogP contribution in [0.3, 0.4) is 0 Å². The van der Waals surface area contributed by atoms with Crippen molar-refractivity contribution in [2.45, 2.75) is 64.0 Å². The summed E-state index contributed by atoms with van der Waals surface area (Å²) in [6.45, 7) is 7.87. The van der Waals surface area contributed by atoms with E-state index in [9.17, 15) is 4.79 Å². The average molecular weight is 527 g/mol. The molecule has 1 aromatic rings. The molecule has 1 saturated heterocycles. The number of nitrogens with zero attached hydrogens (tertiary/aromatic N) is 2. The molecule has 3 rings (SSSR count). The number of likely N-dealkylation sites (tertiary alicyclic amines) is 1. The molecule has 3 N–H and O–H groups in total. The number of aliphatic imine (C=N–C) groups is 1. The van der Waals surface area contributed by atoms with Gasteiger partial charge in [0.25, 0.3) is 0 Å². The van der Waals surface area contributed by atoms with Crippen molar-refractivity contribution in [1.29, 1.82) is 0 Å². The van der Waals surface area contributed by atoms with Gasteiger partial charge in [-0.1, -0.05) is 43.2 Å². The molecule has 0 spiro atoms. The number of guanidine groups is 1. The molecule has 7 heteroatoms. The molecule has 2 fully saturated rings. The Balaban J connectivity index is 0.00000320. The Hall–Kier alpha value is -1.35. The second-order valence-electron chi connectivity index (χ2n) is 8.40. The van der Waals surface area contributed by atoms with Crippen LogP contribution in [0.5, 0.6) is 0 Å². The third kappa shape index (κ3) is 7.11. The van der Waals surface area contributed by atoms with Gasteiger partial charge in [0, 0.05) is 37.8 Å². The highest BCUT2D eigenvalue weighted by molar-refractivity contribution is 14.0. The minimum Gasteiger partial charge on any atom is -0.357 e. The number of nitrogens with one attached hydrogen (secondary N) is 3. The quantitative estimate of drug-likeness (QED) is 0.275. The molecule has 1 aliphatic carbocycles. The van der Waals surface area contributed by atoms with Gasteiger partial charge in [-0.25, -0.2) is 4.99 Å². The summed E-state index contributed by atoms with van der Waals surface area (Å²) >= 11 is 0. The lowest BCUT2D eigenvalue weighted by Crippen LogP contribution is -2.54. The molecule has 30 heavy (non-hydrogen) atoms. The van der Waals surface area contributed by atoms with Crippen molar-refractivity contribution in [3.63, 3.8) is 0 Å². The zero-order valence-corrected chi connectivity index (χ0v) is 20.8. The largest absolute Gasteiger partial charge is 0.357 e. The van der Waals surface area contributed by atoms with Gasteiger partial charge >= 0.3 is 0 Å². The van der Waals surface area contributed by atoms with Crippen molar-refractivity contribution in [3.8, 4) is 0 Å². The molecule has 6 nitrogen and oxygen atoms in total. The van der Waals surface area contributed by atoms with Crippen LogP contribution in [0.25, 0.3) is 0 Å². The fourth-order valence-electron chi connectivity index (χ4n) is 4.52. The maximum atomic E-state index is 12.3. The smallest absolute Gasteiger partial charge is 0.244 e. The lowest BCUT2D eigenvalue weighted by molar-refractivity contribution is -0.128. The fourth-order valence-corrected chi connectivity index (χ4v) is 4.52. The predicted molar refractivity (Wildman–Crippen MR) is 134 cm³/mol. The summed E-state index contributed by atoms with van der Waals surface area (Å²) in [7, 11) is 0. The topological polar surface area (TPSA) is 68.8 Å². The Morgan fingerprint density at radius 1 is 1.10 bits per heavy atom. The molecule has 0 aromatic heterocycles. The Morgan fingerprint density at radius 3 is 2.40 bits per heavy atom. The average Bonchev–Trinajstić information content (AvgIpc) is 3.43. The summed E-state index contributed by atoms with van der Waals surface area (Å²) in [6.07, 6.45) is 7.03. The third-order valence-corrected chi connectivity index (χ3v) is 6.15. The summed E-state index contributed by atoms with van der Waals surface area (Å²) in [4.78, 5) is 18.8. The van der Waals surface area contributed by atoms with E-state index < -0.39 is 0 Å². The number of halogens is 1. The summed E-state index contributed by atoms with van der Waals surface area (Å²) in [5.74, 6) is 0.867. The number of amides is 1. The SMILES string of the molecule is CCNC(=NCC(=O)N1CCCC1)NCC1(NC(C)c2ccccc2)CCCC1.I. The summed E-state index contributed by atoms with van der Waals surface area (Å²) < 4.78 is 0. The summed E-state index contributed by atoms with van der Waals surface area (Å²) in [5, 5.41) is 10.7. The number of carbonyl (C=O) groups is 1. The Kier molecular flexibility index (Phi) is 10.4. The minimum atomic E-state index is 0. The fraction of sp³-hybridized carbons (Fsp3) is 0.652. The number of benzene rings is 1. The van der Waals surface area contributed by atoms with Gasteiger partial charge in [-0.15, -0.1) is 24.0 Å². The van der Waals surface area contributed by atoms with E-state index in [1.807, 2.05) is 4.90 Å². The molecule has 1 saturated carbocycles. The highest BCUT2D eigenvalue weighted by Crippen LogP contribution is 2.31. The maximum absolute atomic E-state index is 12.3. The van der Waals surface area contributed by atoms with Crippen molar-refractivity contribution < 1.29 is 4.79 Å². The van der Waals surface area contributed by atoms with Crippen LogP contribution >= 0.6 is 24.0 Å². The Bertz CT molecular complexity index is 669. The molecule has 1 heterocycles. The molecular formula is C23H38IN5O. The molecular weight excluding hydrogens is 489 g/mol. The number of hydrogen-bond acceptors (Lipinski definition) is 3. The van der Waals surface area contributed by atoms with Gasteiger partial charge in [-0.3, -0.25) is 4.79 Å². The van der Waals surface area contributed by atoms with Gasteiger partial charge in [0.1, 0.15) is 6.54 Å². The van der Waals surface area contributed by atoms with Crippen molar-refractivity contribution >= 4 is 35.8 Å². The Morgan fingerprint density at radius 2 is 1.77 bits per heavy atom. The molecule has 0 bridgehead atoms. The molecule has 168 valence electrons. The number of rotatable bonds is 8. The second kappa shape index (κ2) is 12.5. The highest BCUT2D eigenvalue weighted by Gasteiger charge is 2.35. The van der Waals surface area contributed by atoms with Crippen LogP contribution in [-0.4, -0.2) is 55.0 Å². The minimum absolute atomic E-state index is 0. The van der Waals surface area contributed by atoms with Gasteiger partial charge in [-0.2, -0.15) is 0 Å². The standard InChI is InChI=1S/C23H37N5O.HI/c1-3-24-22(25-17-21(29)28-15-9-10-16-28)26-18-23(13-7-8-14-23)27-19(2)20-11-5-4-6-12-20;/h4-6,11-12,19,27H,3,7-10,13-18H2,1-2H3,(H2,24,25,26);1H. The van der Waals surface area contributed by atoms with Gasteiger partial charge in [0.15, 0.2) is 5.96 Å². The van der Waals surface area contributed by atoms with Crippen molar-refractivity contribution in [3.05, 3.63) is 35.9 Å². The first-order chi connectivity index (χ1) is 14.1. The van der Waals surface area contributed by atoms with E-state index in [2.05, 4.69) is 65.1 Å². The first-order valence-corrected chi connectivity index (χ1v) is 11.2. The Labute approximate surface area is 198 Å². The molecule has 1 unspecified atom stereocenters. The van der Waals surface area contributed by atoms with Crippen LogP contribution in [0.15, 0.2) is 35.3 Å². The molecule has 1 atom stereocenters. The van der Waals surface area contributed by atoms with E-state index in [0.717, 1.165) is 57.8 Å². The lowest BCUT2D eigenvalue weighted by atomic mass is 9.94. The third-order valence-electron chi connectivity index (χ3n) is 6.15. The molecule has 1 amide bonds. The second-order valence-corrected chi connectivity index (χ2v) is 8.40. The normalized spacial score (nSPS) is 19.3. The highest BCUT2D eigenvalue weighted by atomic mass is 127. The van der Waals surface area contributed by atoms with Gasteiger partial charge in [0.2, 0.25) is 5.91 Å². The first-order valence-electron chi connectivity index (χ1n) is 11.2. The maximum Gasteiger partial charge on any atom is 0.244 e. The zero-order chi connectivity index (χ0) is 20.5. The molecule has 2 aliphatic rings. The monoisotopic (exact) mass is 527 g/mol. The summed E-state index contributed by atoms with van der Waals surface area (Å²) in [5.41, 5.74) is 1.38. The number of carbonyl (C=O) groups excluding carboxylic acids is 1. The van der Waals surface area contributed by atoms with E-state index in [4.69, 9.17) is 0 Å². The van der Waals surface area contributed by atoms with E-state index in [0.29, 0.717) is 6.04 Å². The van der Waals surface area contributed by atoms with Gasteiger partial charge < -0.3 is 20.9 Å². The van der Waals surface area contributed by atoms with Crippen LogP contribution in [-0.2, 0) is 4.79 Å². The first kappa shape index (κ1) is 24.9. The van der Waals surface area contributed by atoms with Crippen LogP contribution < -0.4 is 16.0 Å². The van der Waals surface area contributed by atoms with E-state index in [1.165, 1.54) is 18.4 Å². The molecule has 0 radical (unpaired) electrons. The summed E-state index contributed by atoms with van der Waals surface area (Å²) in [6, 6.07) is 10.9. The van der Waals surface area contributed by atoms with Crippen molar-refractivity contribution in [1.82, 2.24) is 20.9 Å². The van der Waals surface area contributed by atoms with E-state index in [1.54, 1.807) is 0 Å². The van der Waals surface area contributed by atoms with Crippen LogP contribution in [0.4, 0.5) is 0 Å². The molecule has 1 aliphatic heterocycles. The molecule has 1 aromatic carbocycles. The van der Waals surface area contributed by atoms with Crippen LogP contribution in [0.2, 0.25) is 0 Å². The number of hydrogen-bond donors (Lipinski definition) is 3.